The number of hydrogen-bond donors (Lipinski definition) is 0. The smallest absolute Gasteiger partial charge is 0.197 e. The van der Waals surface area contributed by atoms with Crippen molar-refractivity contribution in [2.75, 3.05) is 0 Å². The van der Waals surface area contributed by atoms with Crippen LogP contribution in [0, 0.1) is 23.3 Å². The summed E-state index contributed by atoms with van der Waals surface area (Å²) in [6.07, 6.45) is 0. The lowest BCUT2D eigenvalue weighted by Gasteiger charge is -2.08. The number of hydrogen-bond acceptors (Lipinski definition) is 0. The summed E-state index contributed by atoms with van der Waals surface area (Å²) in [5, 5.41) is 0. The highest BCUT2D eigenvalue weighted by Crippen LogP contribution is 2.24. The lowest BCUT2D eigenvalue weighted by Crippen LogP contribution is -2.02. The van der Waals surface area contributed by atoms with Gasteiger partial charge in [0.25, 0.3) is 0 Å². The van der Waals surface area contributed by atoms with Crippen LogP contribution in [0.15, 0.2) is 6.07 Å². The summed E-state index contributed by atoms with van der Waals surface area (Å²) in [6.45, 7) is 3.13. The minimum absolute atomic E-state index is 0.156. The Morgan fingerprint density at radius 1 is 0.923 bits per heavy atom. The zero-order valence-electron chi connectivity index (χ0n) is 7.17. The Labute approximate surface area is 73.2 Å². The van der Waals surface area contributed by atoms with Crippen LogP contribution in [0.25, 0.3) is 0 Å². The molecule has 0 bridgehead atoms. The minimum atomic E-state index is -1.76. The predicted molar refractivity (Wildman–Crippen MR) is 40.4 cm³/mol. The van der Waals surface area contributed by atoms with Gasteiger partial charge in [0.1, 0.15) is 0 Å². The Kier molecular flexibility index (Phi) is 2.59. The third-order valence-electron chi connectivity index (χ3n) is 1.75. The lowest BCUT2D eigenvalue weighted by molar-refractivity contribution is 0.401. The zero-order chi connectivity index (χ0) is 10.2. The first kappa shape index (κ1) is 10.0. The maximum Gasteiger partial charge on any atom is 0.197 e. The van der Waals surface area contributed by atoms with Crippen LogP contribution >= 0.6 is 0 Å². The Morgan fingerprint density at radius 3 is 1.92 bits per heavy atom. The van der Waals surface area contributed by atoms with Crippen LogP contribution in [0.4, 0.5) is 17.6 Å². The van der Waals surface area contributed by atoms with Gasteiger partial charge in [0.15, 0.2) is 23.3 Å². The molecule has 0 aliphatic carbocycles. The first-order valence-electron chi connectivity index (χ1n) is 3.78. The zero-order valence-corrected chi connectivity index (χ0v) is 7.17. The van der Waals surface area contributed by atoms with E-state index in [-0.39, 0.29) is 11.5 Å². The third-order valence-corrected chi connectivity index (χ3v) is 1.75. The van der Waals surface area contributed by atoms with Gasteiger partial charge in [0.2, 0.25) is 0 Å². The summed E-state index contributed by atoms with van der Waals surface area (Å²) in [6, 6.07) is 0.679. The SMILES string of the molecule is CC(C)c1cc(F)c(F)c(F)c1F. The molecule has 0 N–H and O–H groups in total. The maximum absolute atomic E-state index is 12.9. The number of rotatable bonds is 1. The monoisotopic (exact) mass is 192 g/mol. The van der Waals surface area contributed by atoms with Crippen molar-refractivity contribution in [1.82, 2.24) is 0 Å². The highest BCUT2D eigenvalue weighted by Gasteiger charge is 2.19. The van der Waals surface area contributed by atoms with E-state index in [0.29, 0.717) is 6.07 Å². The van der Waals surface area contributed by atoms with Crippen LogP contribution in [-0.2, 0) is 0 Å². The second kappa shape index (κ2) is 3.36. The van der Waals surface area contributed by atoms with Gasteiger partial charge >= 0.3 is 0 Å². The standard InChI is InChI=1S/C9H8F4/c1-4(2)5-3-6(10)8(12)9(13)7(5)11/h3-4H,1-2H3. The fourth-order valence-corrected chi connectivity index (χ4v) is 1.01. The second-order valence-electron chi connectivity index (χ2n) is 3.04. The number of halogens is 4. The average Bonchev–Trinajstić information content (AvgIpc) is 2.07. The maximum atomic E-state index is 12.9. The summed E-state index contributed by atoms with van der Waals surface area (Å²) in [5.74, 6) is -6.56. The van der Waals surface area contributed by atoms with Crippen molar-refractivity contribution in [2.24, 2.45) is 0 Å². The van der Waals surface area contributed by atoms with Gasteiger partial charge in [-0.1, -0.05) is 13.8 Å². The summed E-state index contributed by atoms with van der Waals surface area (Å²) in [7, 11) is 0. The Balaban J connectivity index is 3.41. The van der Waals surface area contributed by atoms with E-state index < -0.39 is 23.3 Å². The van der Waals surface area contributed by atoms with Crippen LogP contribution in [0.2, 0.25) is 0 Å². The molecule has 0 spiro atoms. The highest BCUT2D eigenvalue weighted by molar-refractivity contribution is 5.24. The molecule has 0 aliphatic heterocycles. The summed E-state index contributed by atoms with van der Waals surface area (Å²) in [5.41, 5.74) is -0.156. The molecule has 0 unspecified atom stereocenters. The first-order valence-corrected chi connectivity index (χ1v) is 3.78. The van der Waals surface area contributed by atoms with Gasteiger partial charge in [-0.3, -0.25) is 0 Å². The van der Waals surface area contributed by atoms with E-state index in [1.807, 2.05) is 0 Å². The van der Waals surface area contributed by atoms with Gasteiger partial charge in [-0.2, -0.15) is 0 Å². The molecule has 72 valence electrons. The minimum Gasteiger partial charge on any atom is -0.204 e. The van der Waals surface area contributed by atoms with Crippen molar-refractivity contribution < 1.29 is 17.6 Å². The molecule has 0 aromatic heterocycles. The molecule has 1 rings (SSSR count). The molecule has 1 aromatic rings. The second-order valence-corrected chi connectivity index (χ2v) is 3.04. The van der Waals surface area contributed by atoms with E-state index in [9.17, 15) is 17.6 Å². The molecular formula is C9H8F4. The third kappa shape index (κ3) is 1.66. The molecule has 0 fully saturated rings. The quantitative estimate of drug-likeness (QED) is 0.363. The largest absolute Gasteiger partial charge is 0.204 e. The molecule has 0 nitrogen and oxygen atoms in total. The van der Waals surface area contributed by atoms with Crippen LogP contribution < -0.4 is 0 Å². The molecule has 0 aliphatic rings. The fraction of sp³-hybridized carbons (Fsp3) is 0.333. The molecule has 1 aromatic carbocycles. The van der Waals surface area contributed by atoms with E-state index in [0.717, 1.165) is 0 Å². The van der Waals surface area contributed by atoms with Crippen molar-refractivity contribution in [3.05, 3.63) is 34.9 Å². The van der Waals surface area contributed by atoms with Crippen LogP contribution in [0.5, 0.6) is 0 Å². The van der Waals surface area contributed by atoms with Gasteiger partial charge in [-0.25, -0.2) is 17.6 Å². The van der Waals surface area contributed by atoms with Crippen LogP contribution in [-0.4, -0.2) is 0 Å². The van der Waals surface area contributed by atoms with Crippen LogP contribution in [0.3, 0.4) is 0 Å². The van der Waals surface area contributed by atoms with Crippen molar-refractivity contribution in [2.45, 2.75) is 19.8 Å². The van der Waals surface area contributed by atoms with Gasteiger partial charge in [-0.15, -0.1) is 0 Å². The van der Waals surface area contributed by atoms with Crippen molar-refractivity contribution >= 4 is 0 Å². The molecule has 13 heavy (non-hydrogen) atoms. The van der Waals surface area contributed by atoms with Crippen molar-refractivity contribution in [3.63, 3.8) is 0 Å². The van der Waals surface area contributed by atoms with Gasteiger partial charge < -0.3 is 0 Å². The van der Waals surface area contributed by atoms with E-state index >= 15 is 0 Å². The van der Waals surface area contributed by atoms with E-state index in [1.165, 1.54) is 0 Å². The Morgan fingerprint density at radius 2 is 1.46 bits per heavy atom. The van der Waals surface area contributed by atoms with Crippen molar-refractivity contribution in [3.8, 4) is 0 Å². The molecule has 0 radical (unpaired) electrons. The normalized spacial score (nSPS) is 11.0. The molecular weight excluding hydrogens is 184 g/mol. The van der Waals surface area contributed by atoms with E-state index in [2.05, 4.69) is 0 Å². The fourth-order valence-electron chi connectivity index (χ4n) is 1.01. The Bertz CT molecular complexity index is 331. The average molecular weight is 192 g/mol. The molecule has 0 saturated carbocycles. The summed E-state index contributed by atoms with van der Waals surface area (Å²) in [4.78, 5) is 0. The van der Waals surface area contributed by atoms with Gasteiger partial charge in [0.05, 0.1) is 0 Å². The Hall–Kier alpha value is -1.06. The lowest BCUT2D eigenvalue weighted by atomic mass is 10.0. The van der Waals surface area contributed by atoms with E-state index in [4.69, 9.17) is 0 Å². The summed E-state index contributed by atoms with van der Waals surface area (Å²) < 4.78 is 50.6. The summed E-state index contributed by atoms with van der Waals surface area (Å²) >= 11 is 0. The molecule has 4 heteroatoms. The molecule has 0 amide bonds. The van der Waals surface area contributed by atoms with Crippen LogP contribution in [0.1, 0.15) is 25.3 Å². The molecule has 0 saturated heterocycles. The van der Waals surface area contributed by atoms with Crippen molar-refractivity contribution in [1.29, 1.82) is 0 Å². The predicted octanol–water partition coefficient (Wildman–Crippen LogP) is 3.37. The first-order chi connectivity index (χ1) is 5.95. The topological polar surface area (TPSA) is 0 Å². The highest BCUT2D eigenvalue weighted by atomic mass is 19.2. The van der Waals surface area contributed by atoms with Gasteiger partial charge in [0, 0.05) is 0 Å². The van der Waals surface area contributed by atoms with Gasteiger partial charge in [-0.05, 0) is 17.5 Å². The number of benzene rings is 1. The van der Waals surface area contributed by atoms with E-state index in [1.54, 1.807) is 13.8 Å². The molecule has 0 heterocycles. The molecule has 0 atom stereocenters.